The normalized spacial score (nSPS) is 13.9. The van der Waals surface area contributed by atoms with Crippen LogP contribution in [0.5, 0.6) is 0 Å². The Bertz CT molecular complexity index is 605. The lowest BCUT2D eigenvalue weighted by Crippen LogP contribution is -2.33. The molecular formula is C21H30N2O2. The van der Waals surface area contributed by atoms with Crippen LogP contribution in [0.2, 0.25) is 0 Å². The van der Waals surface area contributed by atoms with Gasteiger partial charge in [-0.15, -0.1) is 0 Å². The zero-order valence-corrected chi connectivity index (χ0v) is 15.5. The first-order valence-electron chi connectivity index (χ1n) is 9.40. The maximum atomic E-state index is 12.1. The molecule has 1 aliphatic carbocycles. The molecule has 0 saturated carbocycles. The largest absolute Gasteiger partial charge is 0.342 e. The van der Waals surface area contributed by atoms with Gasteiger partial charge in [0, 0.05) is 32.1 Å². The molecule has 4 heteroatoms. The molecule has 0 saturated heterocycles. The maximum absolute atomic E-state index is 12.1. The Kier molecular flexibility index (Phi) is 7.71. The van der Waals surface area contributed by atoms with Crippen molar-refractivity contribution in [3.8, 4) is 0 Å². The van der Waals surface area contributed by atoms with Gasteiger partial charge in [-0.1, -0.05) is 30.7 Å². The van der Waals surface area contributed by atoms with Crippen LogP contribution in [-0.4, -0.2) is 29.8 Å². The molecule has 0 bridgehead atoms. The van der Waals surface area contributed by atoms with E-state index < -0.39 is 0 Å². The van der Waals surface area contributed by atoms with Gasteiger partial charge in [-0.25, -0.2) is 0 Å². The Morgan fingerprint density at radius 1 is 1.12 bits per heavy atom. The molecule has 1 aliphatic rings. The molecule has 0 heterocycles. The fourth-order valence-corrected chi connectivity index (χ4v) is 3.12. The number of rotatable bonds is 8. The van der Waals surface area contributed by atoms with E-state index in [1.807, 2.05) is 24.3 Å². The number of carbonyl (C=O) groups excluding carboxylic acids is 2. The molecule has 2 rings (SSSR count). The Labute approximate surface area is 151 Å². The quantitative estimate of drug-likeness (QED) is 0.715. The highest BCUT2D eigenvalue weighted by atomic mass is 16.2. The molecule has 0 spiro atoms. The zero-order valence-electron chi connectivity index (χ0n) is 15.5. The highest BCUT2D eigenvalue weighted by molar-refractivity contribution is 5.91. The highest BCUT2D eigenvalue weighted by Crippen LogP contribution is 2.20. The first kappa shape index (κ1) is 19.2. The summed E-state index contributed by atoms with van der Waals surface area (Å²) in [6.07, 6.45) is 9.40. The van der Waals surface area contributed by atoms with Gasteiger partial charge in [0.15, 0.2) is 0 Å². The number of hydrogen-bond donors (Lipinski definition) is 1. The second-order valence-corrected chi connectivity index (χ2v) is 6.71. The van der Waals surface area contributed by atoms with Gasteiger partial charge < -0.3 is 10.2 Å². The van der Waals surface area contributed by atoms with E-state index in [0.29, 0.717) is 19.5 Å². The van der Waals surface area contributed by atoms with Gasteiger partial charge in [-0.2, -0.15) is 0 Å². The van der Waals surface area contributed by atoms with E-state index >= 15 is 0 Å². The minimum absolute atomic E-state index is 0.0384. The molecule has 1 aromatic carbocycles. The summed E-state index contributed by atoms with van der Waals surface area (Å²) in [4.78, 5) is 25.8. The Morgan fingerprint density at radius 3 is 2.48 bits per heavy atom. The number of nitrogens with one attached hydrogen (secondary N) is 1. The first-order valence-corrected chi connectivity index (χ1v) is 9.40. The Hall–Kier alpha value is -2.10. The van der Waals surface area contributed by atoms with Crippen LogP contribution in [0.25, 0.3) is 0 Å². The molecule has 1 N–H and O–H groups in total. The van der Waals surface area contributed by atoms with Crippen LogP contribution in [-0.2, 0) is 16.0 Å². The van der Waals surface area contributed by atoms with Gasteiger partial charge in [0.2, 0.25) is 11.8 Å². The van der Waals surface area contributed by atoms with E-state index in [-0.39, 0.29) is 11.8 Å². The van der Waals surface area contributed by atoms with Crippen molar-refractivity contribution >= 4 is 17.5 Å². The van der Waals surface area contributed by atoms with Crippen LogP contribution in [0.4, 0.5) is 5.69 Å². The number of carbonyl (C=O) groups is 2. The summed E-state index contributed by atoms with van der Waals surface area (Å²) in [6.45, 7) is 4.87. The van der Waals surface area contributed by atoms with Gasteiger partial charge in [0.05, 0.1) is 0 Å². The molecule has 1 aromatic rings. The summed E-state index contributed by atoms with van der Waals surface area (Å²) >= 11 is 0. The SMILES string of the molecule is CCc1ccc(NC(=O)CCN(CCC2=CCCCC2)C(C)=O)cc1. The van der Waals surface area contributed by atoms with Crippen molar-refractivity contribution in [2.45, 2.75) is 58.8 Å². The minimum atomic E-state index is -0.0487. The Morgan fingerprint density at radius 2 is 1.88 bits per heavy atom. The third kappa shape index (κ3) is 6.73. The molecule has 136 valence electrons. The number of benzene rings is 1. The summed E-state index contributed by atoms with van der Waals surface area (Å²) in [5.74, 6) is -0.0103. The van der Waals surface area contributed by atoms with Gasteiger partial charge in [0.1, 0.15) is 0 Å². The van der Waals surface area contributed by atoms with Crippen molar-refractivity contribution in [2.75, 3.05) is 18.4 Å². The minimum Gasteiger partial charge on any atom is -0.342 e. The van der Waals surface area contributed by atoms with Crippen LogP contribution < -0.4 is 5.32 Å². The van der Waals surface area contributed by atoms with Crippen molar-refractivity contribution in [3.05, 3.63) is 41.5 Å². The van der Waals surface area contributed by atoms with Crippen LogP contribution in [0.1, 0.15) is 57.9 Å². The molecule has 0 radical (unpaired) electrons. The summed E-state index contributed by atoms with van der Waals surface area (Å²) in [5, 5.41) is 2.90. The number of amides is 2. The fourth-order valence-electron chi connectivity index (χ4n) is 3.12. The number of anilines is 1. The van der Waals surface area contributed by atoms with E-state index in [2.05, 4.69) is 18.3 Å². The third-order valence-corrected chi connectivity index (χ3v) is 4.79. The van der Waals surface area contributed by atoms with E-state index in [1.165, 1.54) is 24.0 Å². The van der Waals surface area contributed by atoms with E-state index in [9.17, 15) is 9.59 Å². The summed E-state index contributed by atoms with van der Waals surface area (Å²) in [6, 6.07) is 7.90. The number of hydrogen-bond acceptors (Lipinski definition) is 2. The van der Waals surface area contributed by atoms with E-state index in [0.717, 1.165) is 31.4 Å². The van der Waals surface area contributed by atoms with Gasteiger partial charge in [-0.05, 0) is 56.2 Å². The summed E-state index contributed by atoms with van der Waals surface area (Å²) in [7, 11) is 0. The Balaban J connectivity index is 1.77. The van der Waals surface area contributed by atoms with E-state index in [4.69, 9.17) is 0 Å². The molecule has 4 nitrogen and oxygen atoms in total. The first-order chi connectivity index (χ1) is 12.1. The second kappa shape index (κ2) is 10.0. The third-order valence-electron chi connectivity index (χ3n) is 4.79. The smallest absolute Gasteiger partial charge is 0.226 e. The summed E-state index contributed by atoms with van der Waals surface area (Å²) in [5.41, 5.74) is 3.51. The highest BCUT2D eigenvalue weighted by Gasteiger charge is 2.13. The van der Waals surface area contributed by atoms with Crippen LogP contribution >= 0.6 is 0 Å². The predicted molar refractivity (Wildman–Crippen MR) is 102 cm³/mol. The van der Waals surface area contributed by atoms with Crippen LogP contribution in [0.3, 0.4) is 0 Å². The predicted octanol–water partition coefficient (Wildman–Crippen LogP) is 4.32. The number of aryl methyl sites for hydroxylation is 1. The van der Waals surface area contributed by atoms with Gasteiger partial charge >= 0.3 is 0 Å². The van der Waals surface area contributed by atoms with Crippen molar-refractivity contribution in [3.63, 3.8) is 0 Å². The van der Waals surface area contributed by atoms with Crippen molar-refractivity contribution < 1.29 is 9.59 Å². The van der Waals surface area contributed by atoms with Gasteiger partial charge in [-0.3, -0.25) is 9.59 Å². The topological polar surface area (TPSA) is 49.4 Å². The average Bonchev–Trinajstić information content (AvgIpc) is 2.63. The monoisotopic (exact) mass is 342 g/mol. The lowest BCUT2D eigenvalue weighted by molar-refractivity contribution is -0.129. The molecule has 0 atom stereocenters. The number of nitrogens with zero attached hydrogens (tertiary/aromatic N) is 1. The lowest BCUT2D eigenvalue weighted by Gasteiger charge is -2.22. The lowest BCUT2D eigenvalue weighted by atomic mass is 9.97. The van der Waals surface area contributed by atoms with E-state index in [1.54, 1.807) is 11.8 Å². The van der Waals surface area contributed by atoms with Crippen molar-refractivity contribution in [1.82, 2.24) is 4.90 Å². The van der Waals surface area contributed by atoms with Crippen molar-refractivity contribution in [2.24, 2.45) is 0 Å². The molecule has 2 amide bonds. The maximum Gasteiger partial charge on any atom is 0.226 e. The average molecular weight is 342 g/mol. The van der Waals surface area contributed by atoms with Gasteiger partial charge in [0.25, 0.3) is 0 Å². The van der Waals surface area contributed by atoms with Crippen molar-refractivity contribution in [1.29, 1.82) is 0 Å². The number of allylic oxidation sites excluding steroid dienone is 1. The summed E-state index contributed by atoms with van der Waals surface area (Å²) < 4.78 is 0. The van der Waals surface area contributed by atoms with Crippen LogP contribution in [0, 0.1) is 0 Å². The molecule has 0 aliphatic heterocycles. The molecule has 0 fully saturated rings. The van der Waals surface area contributed by atoms with Crippen LogP contribution in [0.15, 0.2) is 35.9 Å². The molecular weight excluding hydrogens is 312 g/mol. The molecule has 25 heavy (non-hydrogen) atoms. The standard InChI is InChI=1S/C21H30N2O2/c1-3-18-9-11-20(12-10-18)22-21(25)14-16-23(17(2)24)15-13-19-7-5-4-6-8-19/h7,9-12H,3-6,8,13-16H2,1-2H3,(H,22,25). The second-order valence-electron chi connectivity index (χ2n) is 6.71. The zero-order chi connectivity index (χ0) is 18.1. The molecule has 0 aromatic heterocycles. The molecule has 0 unspecified atom stereocenters. The fraction of sp³-hybridized carbons (Fsp3) is 0.524.